The molecule has 4 N–H and O–H groups in total. The Labute approximate surface area is 268 Å². The van der Waals surface area contributed by atoms with Crippen molar-refractivity contribution in [2.75, 3.05) is 18.5 Å². The first-order chi connectivity index (χ1) is 23.0. The Morgan fingerprint density at radius 3 is 2.64 bits per heavy atom. The minimum absolute atomic E-state index is 0.0150. The Hall–Kier alpha value is -5.94. The van der Waals surface area contributed by atoms with E-state index in [1.54, 1.807) is 12.4 Å². The van der Waals surface area contributed by atoms with Crippen molar-refractivity contribution in [1.29, 1.82) is 0 Å². The number of carbonyl (C=O) groups excluding carboxylic acids is 1. The van der Waals surface area contributed by atoms with Gasteiger partial charge < -0.3 is 29.9 Å². The van der Waals surface area contributed by atoms with Crippen LogP contribution in [0.25, 0.3) is 44.2 Å². The second-order valence-corrected chi connectivity index (χ2v) is 11.6. The average Bonchev–Trinajstić information content (AvgIpc) is 3.66. The van der Waals surface area contributed by atoms with Gasteiger partial charge in [-0.1, -0.05) is 24.3 Å². The summed E-state index contributed by atoms with van der Waals surface area (Å²) < 4.78 is 18.5. The molecule has 11 nitrogen and oxygen atoms in total. The quantitative estimate of drug-likeness (QED) is 0.184. The zero-order valence-electron chi connectivity index (χ0n) is 25.2. The molecule has 1 atom stereocenters. The van der Waals surface area contributed by atoms with E-state index in [0.717, 1.165) is 44.1 Å². The number of aromatic nitrogens is 4. The van der Waals surface area contributed by atoms with Crippen molar-refractivity contribution in [3.05, 3.63) is 119 Å². The van der Waals surface area contributed by atoms with E-state index >= 15 is 0 Å². The van der Waals surface area contributed by atoms with Crippen molar-refractivity contribution in [2.45, 2.75) is 25.1 Å². The molecule has 0 spiro atoms. The summed E-state index contributed by atoms with van der Waals surface area (Å²) in [5.74, 6) is 0.327. The summed E-state index contributed by atoms with van der Waals surface area (Å²) in [5, 5.41) is 6.15. The van der Waals surface area contributed by atoms with Crippen LogP contribution in [0, 0.1) is 0 Å². The van der Waals surface area contributed by atoms with Crippen molar-refractivity contribution in [3.63, 3.8) is 0 Å². The summed E-state index contributed by atoms with van der Waals surface area (Å²) >= 11 is 0. The maximum atomic E-state index is 14.3. The van der Waals surface area contributed by atoms with Crippen LogP contribution in [0.1, 0.15) is 17.3 Å². The van der Waals surface area contributed by atoms with Crippen LogP contribution in [0.2, 0.25) is 0 Å². The van der Waals surface area contributed by atoms with E-state index in [1.165, 1.54) is 10.8 Å². The Morgan fingerprint density at radius 1 is 1.02 bits per heavy atom. The number of H-pyrrole nitrogens is 1. The molecule has 1 aliphatic rings. The van der Waals surface area contributed by atoms with Gasteiger partial charge in [0.25, 0.3) is 5.56 Å². The van der Waals surface area contributed by atoms with Gasteiger partial charge in [0, 0.05) is 58.3 Å². The number of nitrogens with one attached hydrogen (secondary N) is 2. The molecule has 0 radical (unpaired) electrons. The number of pyridine rings is 1. The van der Waals surface area contributed by atoms with Crippen molar-refractivity contribution < 1.29 is 18.7 Å². The molecule has 1 amide bonds. The van der Waals surface area contributed by atoms with E-state index in [4.69, 9.17) is 24.6 Å². The molecule has 1 aliphatic heterocycles. The van der Waals surface area contributed by atoms with Gasteiger partial charge in [0.15, 0.2) is 0 Å². The second kappa shape index (κ2) is 11.8. The van der Waals surface area contributed by atoms with Crippen molar-refractivity contribution >= 4 is 44.4 Å². The number of hydrogen-bond acceptors (Lipinski definition) is 8. The van der Waals surface area contributed by atoms with Crippen LogP contribution >= 0.6 is 0 Å². The predicted octanol–water partition coefficient (Wildman–Crippen LogP) is 5.34. The minimum Gasteiger partial charge on any atom is -0.486 e. The number of anilines is 1. The van der Waals surface area contributed by atoms with Crippen LogP contribution in [-0.2, 0) is 22.5 Å². The van der Waals surface area contributed by atoms with E-state index in [1.807, 2.05) is 78.9 Å². The van der Waals surface area contributed by atoms with Crippen LogP contribution in [0.5, 0.6) is 5.75 Å². The lowest BCUT2D eigenvalue weighted by Crippen LogP contribution is -2.38. The van der Waals surface area contributed by atoms with Crippen molar-refractivity contribution in [3.8, 4) is 17.1 Å². The third-order valence-corrected chi connectivity index (χ3v) is 8.47. The number of furan rings is 1. The Balaban J connectivity index is 1.15. The van der Waals surface area contributed by atoms with Gasteiger partial charge in [-0.05, 0) is 60.2 Å². The monoisotopic (exact) mass is 626 g/mol. The second-order valence-electron chi connectivity index (χ2n) is 11.6. The van der Waals surface area contributed by atoms with Gasteiger partial charge in [-0.3, -0.25) is 19.1 Å². The number of amides is 1. The van der Waals surface area contributed by atoms with Crippen molar-refractivity contribution in [1.82, 2.24) is 19.5 Å². The molecule has 234 valence electrons. The van der Waals surface area contributed by atoms with Crippen LogP contribution < -0.4 is 21.3 Å². The first-order valence-electron chi connectivity index (χ1n) is 15.3. The number of fused-ring (bicyclic) bond motifs is 4. The van der Waals surface area contributed by atoms with Crippen LogP contribution in [-0.4, -0.2) is 44.7 Å². The maximum Gasteiger partial charge on any atom is 0.277 e. The molecular formula is C36H30N6O5. The highest BCUT2D eigenvalue weighted by atomic mass is 16.6. The summed E-state index contributed by atoms with van der Waals surface area (Å²) in [7, 11) is 0. The fraction of sp³-hybridized carbons (Fsp3) is 0.167. The first-order valence-corrected chi connectivity index (χ1v) is 15.3. The number of nitrogens with two attached hydrogens (primary N) is 1. The molecular weight excluding hydrogens is 596 g/mol. The summed E-state index contributed by atoms with van der Waals surface area (Å²) in [6, 6.07) is 23.8. The summed E-state index contributed by atoms with van der Waals surface area (Å²) in [6.07, 6.45) is 5.09. The maximum absolute atomic E-state index is 14.3. The molecule has 1 unspecified atom stereocenters. The topological polar surface area (TPSA) is 150 Å². The van der Waals surface area contributed by atoms with Gasteiger partial charge in [-0.15, -0.1) is 0 Å². The third kappa shape index (κ3) is 5.46. The number of para-hydroxylation sites is 1. The lowest BCUT2D eigenvalue weighted by molar-refractivity contribution is -0.121. The fourth-order valence-corrected chi connectivity index (χ4v) is 6.00. The molecule has 0 aliphatic carbocycles. The number of carbonyl (C=O) groups is 1. The van der Waals surface area contributed by atoms with E-state index < -0.39 is 17.5 Å². The standard InChI is InChI=1S/C36H30N6O5/c37-34(43)31(15-24-14-23-17-38-12-11-29(23)41-24)42-35(22-6-8-25(9-7-22)46-26-19-45-20-26)40-18-30(36(42)44)39-16-21-5-10-33-28(13-21)27-3-1-2-4-32(27)47-33/h1-14,17-18,26,31,39,41H,15-16,19-20H2,(H2,37,43). The normalized spacial score (nSPS) is 14.0. The summed E-state index contributed by atoms with van der Waals surface area (Å²) in [6.45, 7) is 1.45. The van der Waals surface area contributed by atoms with E-state index in [2.05, 4.69) is 15.3 Å². The van der Waals surface area contributed by atoms with E-state index in [0.29, 0.717) is 36.9 Å². The molecule has 47 heavy (non-hydrogen) atoms. The van der Waals surface area contributed by atoms with Gasteiger partial charge >= 0.3 is 0 Å². The molecule has 1 fully saturated rings. The summed E-state index contributed by atoms with van der Waals surface area (Å²) in [5.41, 5.74) is 10.6. The van der Waals surface area contributed by atoms with Gasteiger partial charge in [-0.25, -0.2) is 4.98 Å². The van der Waals surface area contributed by atoms with Gasteiger partial charge in [-0.2, -0.15) is 0 Å². The zero-order valence-corrected chi connectivity index (χ0v) is 25.2. The molecule has 8 rings (SSSR count). The molecule has 11 heteroatoms. The molecule has 5 heterocycles. The number of hydrogen-bond donors (Lipinski definition) is 3. The van der Waals surface area contributed by atoms with Crippen LogP contribution in [0.15, 0.2) is 107 Å². The molecule has 1 saturated heterocycles. The Morgan fingerprint density at radius 2 is 1.85 bits per heavy atom. The lowest BCUT2D eigenvalue weighted by atomic mass is 10.1. The molecule has 7 aromatic rings. The molecule has 4 aromatic heterocycles. The highest BCUT2D eigenvalue weighted by Gasteiger charge is 2.26. The van der Waals surface area contributed by atoms with Gasteiger partial charge in [0.2, 0.25) is 5.91 Å². The SMILES string of the molecule is NC(=O)C(Cc1cc2cnccc2[nH]1)n1c(-c2ccc(OC3COC3)cc2)ncc(NCc2ccc3oc4ccccc4c3c2)c1=O. The lowest BCUT2D eigenvalue weighted by Gasteiger charge is -2.26. The number of primary amides is 1. The average molecular weight is 627 g/mol. The number of rotatable bonds is 10. The number of aromatic amines is 1. The fourth-order valence-electron chi connectivity index (χ4n) is 6.00. The third-order valence-electron chi connectivity index (χ3n) is 8.47. The van der Waals surface area contributed by atoms with Crippen LogP contribution in [0.3, 0.4) is 0 Å². The molecule has 0 saturated carbocycles. The molecule has 0 bridgehead atoms. The number of ether oxygens (including phenoxy) is 2. The highest BCUT2D eigenvalue weighted by molar-refractivity contribution is 6.05. The van der Waals surface area contributed by atoms with Crippen LogP contribution in [0.4, 0.5) is 5.69 Å². The zero-order chi connectivity index (χ0) is 31.9. The Bertz CT molecular complexity index is 2290. The minimum atomic E-state index is -1.04. The number of benzene rings is 3. The molecule has 3 aromatic carbocycles. The smallest absolute Gasteiger partial charge is 0.277 e. The Kier molecular flexibility index (Phi) is 7.14. The predicted molar refractivity (Wildman–Crippen MR) is 178 cm³/mol. The number of nitrogens with zero attached hydrogens (tertiary/aromatic N) is 3. The van der Waals surface area contributed by atoms with Crippen molar-refractivity contribution in [2.24, 2.45) is 5.73 Å². The van der Waals surface area contributed by atoms with E-state index in [9.17, 15) is 9.59 Å². The van der Waals surface area contributed by atoms with E-state index in [-0.39, 0.29) is 18.2 Å². The highest BCUT2D eigenvalue weighted by Crippen LogP contribution is 2.30. The van der Waals surface area contributed by atoms with Gasteiger partial charge in [0.05, 0.1) is 19.4 Å². The first kappa shape index (κ1) is 28.5. The van der Waals surface area contributed by atoms with Gasteiger partial charge in [0.1, 0.15) is 40.6 Å². The summed E-state index contributed by atoms with van der Waals surface area (Å²) in [4.78, 5) is 39.6. The largest absolute Gasteiger partial charge is 0.486 e.